The van der Waals surface area contributed by atoms with Crippen LogP contribution in [-0.4, -0.2) is 12.6 Å². The molecular weight excluding hydrogens is 250 g/mol. The van der Waals surface area contributed by atoms with Crippen molar-refractivity contribution in [3.63, 3.8) is 0 Å². The number of hydrogen-bond donors (Lipinski definition) is 0. The van der Waals surface area contributed by atoms with Crippen LogP contribution in [0.15, 0.2) is 60.7 Å². The van der Waals surface area contributed by atoms with Crippen LogP contribution in [0.2, 0.25) is 0 Å². The van der Waals surface area contributed by atoms with E-state index < -0.39 is 5.97 Å². The quantitative estimate of drug-likeness (QED) is 0.794. The van der Waals surface area contributed by atoms with Gasteiger partial charge in [-0.3, -0.25) is 0 Å². The molecule has 0 bridgehead atoms. The summed E-state index contributed by atoms with van der Waals surface area (Å²) >= 11 is 0. The first-order chi connectivity index (χ1) is 9.79. The molecule has 0 aliphatic heterocycles. The van der Waals surface area contributed by atoms with Gasteiger partial charge in [0.15, 0.2) is 0 Å². The Balaban J connectivity index is 1.86. The number of carbonyl (C=O) groups is 1. The van der Waals surface area contributed by atoms with Gasteiger partial charge >= 0.3 is 5.97 Å². The Morgan fingerprint density at radius 1 is 1.10 bits per heavy atom. The standard InChI is InChI=1S/C17H13NO2/c18-13-15-8-10-16(11-9-15)17(19)20-12-4-7-14-5-2-1-3-6-14/h1-11H,12H2/b7-4+. The molecule has 98 valence electrons. The van der Waals surface area contributed by atoms with Crippen molar-refractivity contribution in [1.82, 2.24) is 0 Å². The van der Waals surface area contributed by atoms with Gasteiger partial charge in [-0.15, -0.1) is 0 Å². The molecule has 2 aromatic rings. The van der Waals surface area contributed by atoms with Crippen molar-refractivity contribution in [2.45, 2.75) is 0 Å². The fraction of sp³-hybridized carbons (Fsp3) is 0.0588. The van der Waals surface area contributed by atoms with E-state index in [-0.39, 0.29) is 6.61 Å². The highest BCUT2D eigenvalue weighted by atomic mass is 16.5. The second-order valence-corrected chi connectivity index (χ2v) is 4.10. The van der Waals surface area contributed by atoms with E-state index in [0.29, 0.717) is 11.1 Å². The van der Waals surface area contributed by atoms with Gasteiger partial charge in [0.1, 0.15) is 6.61 Å². The lowest BCUT2D eigenvalue weighted by atomic mass is 10.1. The highest BCUT2D eigenvalue weighted by molar-refractivity contribution is 5.89. The van der Waals surface area contributed by atoms with E-state index in [1.807, 2.05) is 42.5 Å². The van der Waals surface area contributed by atoms with Gasteiger partial charge in [0.05, 0.1) is 17.2 Å². The SMILES string of the molecule is N#Cc1ccc(C(=O)OC/C=C/c2ccccc2)cc1. The molecule has 0 atom stereocenters. The smallest absolute Gasteiger partial charge is 0.338 e. The van der Waals surface area contributed by atoms with Gasteiger partial charge in [0.2, 0.25) is 0 Å². The van der Waals surface area contributed by atoms with Crippen molar-refractivity contribution in [3.05, 3.63) is 77.4 Å². The third kappa shape index (κ3) is 3.82. The summed E-state index contributed by atoms with van der Waals surface area (Å²) in [6.07, 6.45) is 3.68. The van der Waals surface area contributed by atoms with Crippen molar-refractivity contribution in [1.29, 1.82) is 5.26 Å². The topological polar surface area (TPSA) is 50.1 Å². The maximum absolute atomic E-state index is 11.7. The lowest BCUT2D eigenvalue weighted by Crippen LogP contribution is -2.04. The predicted octanol–water partition coefficient (Wildman–Crippen LogP) is 3.43. The largest absolute Gasteiger partial charge is 0.458 e. The summed E-state index contributed by atoms with van der Waals surface area (Å²) in [7, 11) is 0. The van der Waals surface area contributed by atoms with Crippen molar-refractivity contribution >= 4 is 12.0 Å². The van der Waals surface area contributed by atoms with Crippen LogP contribution < -0.4 is 0 Å². The Bertz CT molecular complexity index is 637. The zero-order valence-electron chi connectivity index (χ0n) is 10.8. The number of benzene rings is 2. The van der Waals surface area contributed by atoms with Gasteiger partial charge in [0.25, 0.3) is 0 Å². The molecule has 0 fully saturated rings. The molecule has 0 amide bonds. The van der Waals surface area contributed by atoms with Gasteiger partial charge in [-0.1, -0.05) is 36.4 Å². The summed E-state index contributed by atoms with van der Waals surface area (Å²) in [5.74, 6) is -0.396. The molecule has 2 aromatic carbocycles. The Kier molecular flexibility index (Phi) is 4.69. The number of hydrogen-bond acceptors (Lipinski definition) is 3. The summed E-state index contributed by atoms with van der Waals surface area (Å²) in [6, 6.07) is 18.1. The molecule has 0 aliphatic carbocycles. The molecule has 0 unspecified atom stereocenters. The van der Waals surface area contributed by atoms with Crippen LogP contribution >= 0.6 is 0 Å². The second kappa shape index (κ2) is 6.91. The van der Waals surface area contributed by atoms with E-state index in [4.69, 9.17) is 10.00 Å². The van der Waals surface area contributed by atoms with Crippen LogP contribution in [0.3, 0.4) is 0 Å². The van der Waals surface area contributed by atoms with Gasteiger partial charge in [-0.25, -0.2) is 4.79 Å². The summed E-state index contributed by atoms with van der Waals surface area (Å²) in [5.41, 5.74) is 2.02. The Hall–Kier alpha value is -2.86. The monoisotopic (exact) mass is 263 g/mol. The van der Waals surface area contributed by atoms with Crippen LogP contribution in [0.5, 0.6) is 0 Å². The summed E-state index contributed by atoms with van der Waals surface area (Å²) in [4.78, 5) is 11.7. The molecule has 0 spiro atoms. The molecule has 0 heterocycles. The normalized spacial score (nSPS) is 10.2. The van der Waals surface area contributed by atoms with Crippen LogP contribution in [-0.2, 0) is 4.74 Å². The molecule has 0 radical (unpaired) electrons. The summed E-state index contributed by atoms with van der Waals surface area (Å²) in [6.45, 7) is 0.216. The van der Waals surface area contributed by atoms with Gasteiger partial charge < -0.3 is 4.74 Å². The first-order valence-corrected chi connectivity index (χ1v) is 6.18. The molecule has 0 saturated carbocycles. The van der Waals surface area contributed by atoms with Crippen LogP contribution in [0.4, 0.5) is 0 Å². The molecule has 20 heavy (non-hydrogen) atoms. The Morgan fingerprint density at radius 3 is 2.45 bits per heavy atom. The molecule has 0 N–H and O–H groups in total. The molecule has 3 nitrogen and oxygen atoms in total. The fourth-order valence-corrected chi connectivity index (χ4v) is 1.64. The number of rotatable bonds is 4. The Morgan fingerprint density at radius 2 is 1.80 bits per heavy atom. The number of carbonyl (C=O) groups excluding carboxylic acids is 1. The minimum atomic E-state index is -0.396. The zero-order chi connectivity index (χ0) is 14.2. The Labute approximate surface area is 117 Å². The highest BCUT2D eigenvalue weighted by Crippen LogP contribution is 2.05. The highest BCUT2D eigenvalue weighted by Gasteiger charge is 2.05. The third-order valence-corrected chi connectivity index (χ3v) is 2.67. The van der Waals surface area contributed by atoms with Crippen molar-refractivity contribution in [2.75, 3.05) is 6.61 Å². The van der Waals surface area contributed by atoms with Crippen molar-refractivity contribution in [2.24, 2.45) is 0 Å². The van der Waals surface area contributed by atoms with Gasteiger partial charge in [-0.2, -0.15) is 5.26 Å². The van der Waals surface area contributed by atoms with E-state index in [9.17, 15) is 4.79 Å². The lowest BCUT2D eigenvalue weighted by Gasteiger charge is -2.01. The fourth-order valence-electron chi connectivity index (χ4n) is 1.64. The molecule has 3 heteroatoms. The third-order valence-electron chi connectivity index (χ3n) is 2.67. The maximum Gasteiger partial charge on any atom is 0.338 e. The van der Waals surface area contributed by atoms with Gasteiger partial charge in [0, 0.05) is 0 Å². The van der Waals surface area contributed by atoms with E-state index in [1.54, 1.807) is 30.3 Å². The second-order valence-electron chi connectivity index (χ2n) is 4.10. The number of nitrogens with zero attached hydrogens (tertiary/aromatic N) is 1. The van der Waals surface area contributed by atoms with Crippen molar-refractivity contribution < 1.29 is 9.53 Å². The first-order valence-electron chi connectivity index (χ1n) is 6.18. The van der Waals surface area contributed by atoms with Crippen LogP contribution in [0.1, 0.15) is 21.5 Å². The number of nitriles is 1. The minimum Gasteiger partial charge on any atom is -0.458 e. The minimum absolute atomic E-state index is 0.216. The average molecular weight is 263 g/mol. The number of ether oxygens (including phenoxy) is 1. The average Bonchev–Trinajstić information content (AvgIpc) is 2.52. The molecule has 0 aromatic heterocycles. The molecule has 2 rings (SSSR count). The number of esters is 1. The predicted molar refractivity (Wildman–Crippen MR) is 76.9 cm³/mol. The molecular formula is C17H13NO2. The maximum atomic E-state index is 11.7. The summed E-state index contributed by atoms with van der Waals surface area (Å²) < 4.78 is 5.11. The van der Waals surface area contributed by atoms with Crippen molar-refractivity contribution in [3.8, 4) is 6.07 Å². The first kappa shape index (κ1) is 13.6. The molecule has 0 saturated heterocycles. The lowest BCUT2D eigenvalue weighted by molar-refractivity contribution is 0.0550. The van der Waals surface area contributed by atoms with E-state index in [2.05, 4.69) is 0 Å². The van der Waals surface area contributed by atoms with Crippen LogP contribution in [0, 0.1) is 11.3 Å². The van der Waals surface area contributed by atoms with Gasteiger partial charge in [-0.05, 0) is 35.9 Å². The summed E-state index contributed by atoms with van der Waals surface area (Å²) in [5, 5.41) is 8.67. The van der Waals surface area contributed by atoms with E-state index in [1.165, 1.54) is 0 Å². The van der Waals surface area contributed by atoms with Crippen LogP contribution in [0.25, 0.3) is 6.08 Å². The van der Waals surface area contributed by atoms with E-state index >= 15 is 0 Å². The molecule has 0 aliphatic rings. The van der Waals surface area contributed by atoms with E-state index in [0.717, 1.165) is 5.56 Å². The zero-order valence-corrected chi connectivity index (χ0v) is 10.8.